The summed E-state index contributed by atoms with van der Waals surface area (Å²) in [7, 11) is -1.87. The van der Waals surface area contributed by atoms with Gasteiger partial charge in [-0.15, -0.1) is 0 Å². The van der Waals surface area contributed by atoms with Gasteiger partial charge in [-0.05, 0) is 32.1 Å². The summed E-state index contributed by atoms with van der Waals surface area (Å²) in [6.07, 6.45) is 7.12. The zero-order valence-electron chi connectivity index (χ0n) is 12.4. The van der Waals surface area contributed by atoms with Crippen LogP contribution in [0.2, 0.25) is 0 Å². The van der Waals surface area contributed by atoms with Gasteiger partial charge in [-0.3, -0.25) is 4.79 Å². The molecule has 7 heteroatoms. The molecule has 0 aromatic rings. The first-order valence-corrected chi connectivity index (χ1v) is 9.32. The van der Waals surface area contributed by atoms with Crippen molar-refractivity contribution >= 4 is 16.2 Å². The predicted octanol–water partition coefficient (Wildman–Crippen LogP) is 1.43. The van der Waals surface area contributed by atoms with Gasteiger partial charge in [-0.1, -0.05) is 19.3 Å². The zero-order chi connectivity index (χ0) is 15.2. The van der Waals surface area contributed by atoms with Crippen LogP contribution in [0.3, 0.4) is 0 Å². The maximum absolute atomic E-state index is 12.9. The van der Waals surface area contributed by atoms with Gasteiger partial charge in [0.2, 0.25) is 0 Å². The van der Waals surface area contributed by atoms with Crippen LogP contribution in [-0.4, -0.2) is 53.3 Å². The normalized spacial score (nSPS) is 34.7. The Hall–Kier alpha value is -0.660. The lowest BCUT2D eigenvalue weighted by molar-refractivity contribution is -0.142. The summed E-state index contributed by atoms with van der Waals surface area (Å²) in [5.41, 5.74) is 0. The topological polar surface area (TPSA) is 77.9 Å². The van der Waals surface area contributed by atoms with Crippen molar-refractivity contribution in [3.05, 3.63) is 0 Å². The van der Waals surface area contributed by atoms with Crippen molar-refractivity contribution in [2.24, 2.45) is 5.92 Å². The number of rotatable bonds is 4. The van der Waals surface area contributed by atoms with Crippen molar-refractivity contribution in [2.45, 2.75) is 69.5 Å². The fourth-order valence-corrected chi connectivity index (χ4v) is 6.39. The number of carboxylic acid groups (broad SMARTS) is 1. The first-order chi connectivity index (χ1) is 9.93. The van der Waals surface area contributed by atoms with E-state index in [9.17, 15) is 18.3 Å². The summed E-state index contributed by atoms with van der Waals surface area (Å²) >= 11 is 0. The standard InChI is InChI=1S/C14H24N2O4S/c1-15(10-5-3-2-4-6-10)21(19,20)16-11-7-8-13(16)12(9-11)14(17)18/h10-13H,2-9H2,1H3,(H,17,18). The SMILES string of the molecule is CN(C1CCCCC1)S(=O)(=O)N1C2CCC1C(C(=O)O)C2. The molecule has 6 nitrogen and oxygen atoms in total. The van der Waals surface area contributed by atoms with Crippen LogP contribution in [0, 0.1) is 5.92 Å². The quantitative estimate of drug-likeness (QED) is 0.851. The smallest absolute Gasteiger partial charge is 0.308 e. The van der Waals surface area contributed by atoms with Crippen LogP contribution in [0.4, 0.5) is 0 Å². The number of aliphatic carboxylic acids is 1. The highest BCUT2D eigenvalue weighted by Gasteiger charge is 2.55. The van der Waals surface area contributed by atoms with Crippen LogP contribution in [0.5, 0.6) is 0 Å². The molecule has 0 aromatic carbocycles. The van der Waals surface area contributed by atoms with Gasteiger partial charge in [0.15, 0.2) is 0 Å². The molecule has 3 rings (SSSR count). The molecule has 2 heterocycles. The molecule has 3 unspecified atom stereocenters. The lowest BCUT2D eigenvalue weighted by Gasteiger charge is -2.35. The maximum atomic E-state index is 12.9. The highest BCUT2D eigenvalue weighted by atomic mass is 32.2. The van der Waals surface area contributed by atoms with Gasteiger partial charge in [0.1, 0.15) is 0 Å². The summed E-state index contributed by atoms with van der Waals surface area (Å²) in [4.78, 5) is 11.3. The Balaban J connectivity index is 1.80. The van der Waals surface area contributed by atoms with Crippen molar-refractivity contribution in [3.8, 4) is 0 Å². The van der Waals surface area contributed by atoms with Crippen molar-refractivity contribution in [2.75, 3.05) is 7.05 Å². The van der Waals surface area contributed by atoms with Crippen LogP contribution in [-0.2, 0) is 15.0 Å². The molecule has 1 N–H and O–H groups in total. The Kier molecular flexibility index (Phi) is 4.00. The molecular formula is C14H24N2O4S. The van der Waals surface area contributed by atoms with E-state index in [0.29, 0.717) is 12.8 Å². The molecule has 21 heavy (non-hydrogen) atoms. The largest absolute Gasteiger partial charge is 0.481 e. The van der Waals surface area contributed by atoms with E-state index in [4.69, 9.17) is 0 Å². The number of hydrogen-bond acceptors (Lipinski definition) is 3. The molecule has 3 fully saturated rings. The minimum atomic E-state index is -3.54. The maximum Gasteiger partial charge on any atom is 0.308 e. The Morgan fingerprint density at radius 2 is 1.81 bits per heavy atom. The van der Waals surface area contributed by atoms with Crippen molar-refractivity contribution in [1.82, 2.24) is 8.61 Å². The second kappa shape index (κ2) is 5.52. The molecule has 2 aliphatic heterocycles. The molecule has 0 radical (unpaired) electrons. The van der Waals surface area contributed by atoms with Crippen LogP contribution in [0.1, 0.15) is 51.4 Å². The van der Waals surface area contributed by atoms with Crippen LogP contribution >= 0.6 is 0 Å². The molecule has 3 atom stereocenters. The van der Waals surface area contributed by atoms with Gasteiger partial charge in [0.25, 0.3) is 10.2 Å². The Bertz CT molecular complexity index is 515. The second-order valence-electron chi connectivity index (χ2n) is 6.62. The lowest BCUT2D eigenvalue weighted by atomic mass is 9.89. The van der Waals surface area contributed by atoms with E-state index in [0.717, 1.165) is 32.1 Å². The molecule has 2 saturated heterocycles. The van der Waals surface area contributed by atoms with Gasteiger partial charge in [-0.2, -0.15) is 17.0 Å². The summed E-state index contributed by atoms with van der Waals surface area (Å²) in [5.74, 6) is -1.39. The Labute approximate surface area is 126 Å². The molecule has 3 aliphatic rings. The number of carboxylic acids is 1. The first kappa shape index (κ1) is 15.2. The Morgan fingerprint density at radius 3 is 2.38 bits per heavy atom. The number of carbonyl (C=O) groups is 1. The van der Waals surface area contributed by atoms with Gasteiger partial charge in [0, 0.05) is 25.2 Å². The predicted molar refractivity (Wildman–Crippen MR) is 77.9 cm³/mol. The van der Waals surface area contributed by atoms with Crippen molar-refractivity contribution < 1.29 is 18.3 Å². The van der Waals surface area contributed by atoms with E-state index >= 15 is 0 Å². The highest BCUT2D eigenvalue weighted by molar-refractivity contribution is 7.86. The van der Waals surface area contributed by atoms with E-state index in [-0.39, 0.29) is 18.1 Å². The van der Waals surface area contributed by atoms with E-state index in [1.54, 1.807) is 7.05 Å². The minimum Gasteiger partial charge on any atom is -0.481 e. The van der Waals surface area contributed by atoms with Crippen LogP contribution < -0.4 is 0 Å². The summed E-state index contributed by atoms with van der Waals surface area (Å²) < 4.78 is 28.9. The third-order valence-corrected chi connectivity index (χ3v) is 7.64. The first-order valence-electron chi connectivity index (χ1n) is 7.92. The van der Waals surface area contributed by atoms with E-state index in [2.05, 4.69) is 0 Å². The number of nitrogens with zero attached hydrogens (tertiary/aromatic N) is 2. The van der Waals surface area contributed by atoms with Gasteiger partial charge in [-0.25, -0.2) is 0 Å². The average Bonchev–Trinajstić information content (AvgIpc) is 3.05. The van der Waals surface area contributed by atoms with E-state index < -0.39 is 22.1 Å². The van der Waals surface area contributed by atoms with Gasteiger partial charge >= 0.3 is 5.97 Å². The molecule has 120 valence electrons. The van der Waals surface area contributed by atoms with E-state index in [1.807, 2.05) is 0 Å². The van der Waals surface area contributed by atoms with Crippen molar-refractivity contribution in [3.63, 3.8) is 0 Å². The molecule has 1 aliphatic carbocycles. The molecule has 0 aromatic heterocycles. The van der Waals surface area contributed by atoms with Crippen LogP contribution in [0.15, 0.2) is 0 Å². The summed E-state index contributed by atoms with van der Waals surface area (Å²) in [6, 6.07) is -0.386. The minimum absolute atomic E-state index is 0.0760. The lowest BCUT2D eigenvalue weighted by Crippen LogP contribution is -2.49. The van der Waals surface area contributed by atoms with E-state index in [1.165, 1.54) is 15.0 Å². The third-order valence-electron chi connectivity index (χ3n) is 5.51. The Morgan fingerprint density at radius 1 is 1.14 bits per heavy atom. The number of fused-ring (bicyclic) bond motifs is 2. The molecule has 2 bridgehead atoms. The highest BCUT2D eigenvalue weighted by Crippen LogP contribution is 2.44. The zero-order valence-corrected chi connectivity index (χ0v) is 13.3. The molecular weight excluding hydrogens is 292 g/mol. The average molecular weight is 316 g/mol. The fourth-order valence-electron chi connectivity index (χ4n) is 4.35. The monoisotopic (exact) mass is 316 g/mol. The number of hydrogen-bond donors (Lipinski definition) is 1. The fraction of sp³-hybridized carbons (Fsp3) is 0.929. The molecule has 0 amide bonds. The molecule has 1 saturated carbocycles. The summed E-state index contributed by atoms with van der Waals surface area (Å²) in [5, 5.41) is 9.27. The van der Waals surface area contributed by atoms with Gasteiger partial charge in [0.05, 0.1) is 5.92 Å². The molecule has 0 spiro atoms. The third kappa shape index (κ3) is 2.49. The van der Waals surface area contributed by atoms with Crippen LogP contribution in [0.25, 0.3) is 0 Å². The summed E-state index contributed by atoms with van der Waals surface area (Å²) in [6.45, 7) is 0. The van der Waals surface area contributed by atoms with Gasteiger partial charge < -0.3 is 5.11 Å². The second-order valence-corrected chi connectivity index (χ2v) is 8.52. The van der Waals surface area contributed by atoms with Crippen molar-refractivity contribution in [1.29, 1.82) is 0 Å².